The van der Waals surface area contributed by atoms with Crippen LogP contribution in [0.3, 0.4) is 0 Å². The van der Waals surface area contributed by atoms with Gasteiger partial charge in [0.25, 0.3) is 5.91 Å². The summed E-state index contributed by atoms with van der Waals surface area (Å²) in [4.78, 5) is 12.8. The van der Waals surface area contributed by atoms with Gasteiger partial charge in [0, 0.05) is 24.5 Å². The Morgan fingerprint density at radius 1 is 1.25 bits per heavy atom. The van der Waals surface area contributed by atoms with Gasteiger partial charge in [-0.25, -0.2) is 8.42 Å². The summed E-state index contributed by atoms with van der Waals surface area (Å²) in [5, 5.41) is 2.10. The van der Waals surface area contributed by atoms with Crippen LogP contribution in [0.15, 0.2) is 24.3 Å². The highest BCUT2D eigenvalue weighted by Crippen LogP contribution is 2.21. The normalized spacial score (nSPS) is 18.1. The number of anilines is 2. The number of carbonyl (C=O) groups excluding carboxylic acids is 1. The van der Waals surface area contributed by atoms with Crippen LogP contribution in [0.5, 0.6) is 0 Å². The topological polar surface area (TPSA) is 66.5 Å². The average Bonchev–Trinajstić information content (AvgIpc) is 2.38. The summed E-state index contributed by atoms with van der Waals surface area (Å²) in [6, 6.07) is 6.43. The van der Waals surface area contributed by atoms with Gasteiger partial charge in [0.1, 0.15) is 0 Å². The van der Waals surface area contributed by atoms with Crippen LogP contribution in [0.2, 0.25) is 0 Å². The lowest BCUT2D eigenvalue weighted by Crippen LogP contribution is -2.40. The van der Waals surface area contributed by atoms with Crippen LogP contribution in [-0.4, -0.2) is 45.3 Å². The fourth-order valence-electron chi connectivity index (χ4n) is 1.95. The summed E-state index contributed by atoms with van der Waals surface area (Å²) < 4.78 is 47.0. The number of hydrogen-bond donors (Lipinski definition) is 1. The molecule has 1 amide bonds. The fourth-order valence-corrected chi connectivity index (χ4v) is 3.15. The van der Waals surface area contributed by atoms with Gasteiger partial charge in [0.05, 0.1) is 11.5 Å². The van der Waals surface area contributed by atoms with Crippen molar-refractivity contribution in [2.24, 2.45) is 0 Å². The number of halogens is 2. The molecule has 0 atom stereocenters. The molecule has 110 valence electrons. The predicted octanol–water partition coefficient (Wildman–Crippen LogP) is 1.12. The molecule has 0 unspecified atom stereocenters. The van der Waals surface area contributed by atoms with Crippen LogP contribution in [0, 0.1) is 0 Å². The lowest BCUT2D eigenvalue weighted by atomic mass is 10.2. The molecule has 8 heteroatoms. The van der Waals surface area contributed by atoms with Crippen LogP contribution < -0.4 is 10.2 Å². The minimum Gasteiger partial charge on any atom is -0.369 e. The van der Waals surface area contributed by atoms with Crippen LogP contribution in [0.25, 0.3) is 0 Å². The first-order valence-electron chi connectivity index (χ1n) is 6.02. The first kappa shape index (κ1) is 14.7. The van der Waals surface area contributed by atoms with Crippen molar-refractivity contribution in [3.8, 4) is 0 Å². The minimum atomic E-state index is -3.07. The Bertz CT molecular complexity index is 590. The number of nitrogens with one attached hydrogen (secondary N) is 1. The molecule has 1 aromatic rings. The third kappa shape index (κ3) is 3.66. The Morgan fingerprint density at radius 2 is 1.90 bits per heavy atom. The van der Waals surface area contributed by atoms with Gasteiger partial charge in [0.15, 0.2) is 9.84 Å². The molecule has 0 aromatic heterocycles. The third-order valence-corrected chi connectivity index (χ3v) is 4.63. The Kier molecular flexibility index (Phi) is 4.22. The number of benzene rings is 1. The molecule has 5 nitrogen and oxygen atoms in total. The van der Waals surface area contributed by atoms with Crippen molar-refractivity contribution in [1.82, 2.24) is 0 Å². The van der Waals surface area contributed by atoms with Crippen LogP contribution in [-0.2, 0) is 14.6 Å². The predicted molar refractivity (Wildman–Crippen MR) is 71.9 cm³/mol. The molecule has 2 rings (SSSR count). The molecule has 0 aliphatic carbocycles. The molecule has 0 saturated carbocycles. The monoisotopic (exact) mass is 304 g/mol. The summed E-state index contributed by atoms with van der Waals surface area (Å²) in [6.07, 6.45) is -3.07. The summed E-state index contributed by atoms with van der Waals surface area (Å²) >= 11 is 0. The molecule has 0 bridgehead atoms. The first-order chi connectivity index (χ1) is 9.37. The second-order valence-electron chi connectivity index (χ2n) is 4.48. The zero-order chi connectivity index (χ0) is 14.8. The molecule has 0 radical (unpaired) electrons. The van der Waals surface area contributed by atoms with Crippen molar-refractivity contribution in [2.75, 3.05) is 34.8 Å². The van der Waals surface area contributed by atoms with Crippen molar-refractivity contribution in [1.29, 1.82) is 0 Å². The van der Waals surface area contributed by atoms with E-state index in [0.29, 0.717) is 18.8 Å². The van der Waals surface area contributed by atoms with Crippen molar-refractivity contribution in [3.05, 3.63) is 24.3 Å². The summed E-state index contributed by atoms with van der Waals surface area (Å²) in [5.41, 5.74) is 0.966. The maximum atomic E-state index is 12.2. The highest BCUT2D eigenvalue weighted by Gasteiger charge is 2.22. The van der Waals surface area contributed by atoms with E-state index in [-0.39, 0.29) is 17.2 Å². The summed E-state index contributed by atoms with van der Waals surface area (Å²) in [7, 11) is -2.97. The Hall–Kier alpha value is -1.70. The zero-order valence-corrected chi connectivity index (χ0v) is 11.4. The van der Waals surface area contributed by atoms with Gasteiger partial charge in [-0.15, -0.1) is 0 Å². The third-order valence-electron chi connectivity index (χ3n) is 3.02. The fraction of sp³-hybridized carbons (Fsp3) is 0.417. The SMILES string of the molecule is O=C(Nc1cccc(N2CCS(=O)(=O)CC2)c1)C(F)F. The number of alkyl halides is 2. The lowest BCUT2D eigenvalue weighted by Gasteiger charge is -2.29. The van der Waals surface area contributed by atoms with Gasteiger partial charge in [-0.3, -0.25) is 4.79 Å². The Morgan fingerprint density at radius 3 is 2.50 bits per heavy atom. The van der Waals surface area contributed by atoms with E-state index >= 15 is 0 Å². The van der Waals surface area contributed by atoms with Crippen molar-refractivity contribution in [3.63, 3.8) is 0 Å². The Labute approximate surface area is 115 Å². The van der Waals surface area contributed by atoms with Crippen molar-refractivity contribution < 1.29 is 22.0 Å². The number of nitrogens with zero attached hydrogens (tertiary/aromatic N) is 1. The average molecular weight is 304 g/mol. The van der Waals surface area contributed by atoms with Crippen LogP contribution in [0.1, 0.15) is 0 Å². The summed E-state index contributed by atoms with van der Waals surface area (Å²) in [6.45, 7) is 0.711. The number of rotatable bonds is 3. The van der Waals surface area contributed by atoms with Crippen LogP contribution >= 0.6 is 0 Å². The van der Waals surface area contributed by atoms with Gasteiger partial charge >= 0.3 is 6.43 Å². The minimum absolute atomic E-state index is 0.0701. The highest BCUT2D eigenvalue weighted by atomic mass is 32.2. The quantitative estimate of drug-likeness (QED) is 0.909. The molecule has 1 heterocycles. The molecule has 1 aliphatic rings. The largest absolute Gasteiger partial charge is 0.369 e. The lowest BCUT2D eigenvalue weighted by molar-refractivity contribution is -0.126. The van der Waals surface area contributed by atoms with E-state index in [1.165, 1.54) is 6.07 Å². The maximum absolute atomic E-state index is 12.2. The van der Waals surface area contributed by atoms with Crippen molar-refractivity contribution >= 4 is 27.1 Å². The number of sulfone groups is 1. The molecule has 1 aromatic carbocycles. The smallest absolute Gasteiger partial charge is 0.315 e. The van der Waals surface area contributed by atoms with Gasteiger partial charge in [-0.1, -0.05) is 6.07 Å². The maximum Gasteiger partial charge on any atom is 0.315 e. The molecular formula is C12H14F2N2O3S. The molecule has 20 heavy (non-hydrogen) atoms. The Balaban J connectivity index is 2.08. The molecule has 1 N–H and O–H groups in total. The molecule has 1 fully saturated rings. The van der Waals surface area contributed by atoms with E-state index in [1.54, 1.807) is 18.2 Å². The zero-order valence-electron chi connectivity index (χ0n) is 10.6. The van der Waals surface area contributed by atoms with Gasteiger partial charge < -0.3 is 10.2 Å². The van der Waals surface area contributed by atoms with Gasteiger partial charge in [0.2, 0.25) is 0 Å². The van der Waals surface area contributed by atoms with E-state index < -0.39 is 22.2 Å². The molecule has 0 spiro atoms. The first-order valence-corrected chi connectivity index (χ1v) is 7.84. The summed E-state index contributed by atoms with van der Waals surface area (Å²) in [5.74, 6) is -1.22. The van der Waals surface area contributed by atoms with Gasteiger partial charge in [-0.05, 0) is 18.2 Å². The van der Waals surface area contributed by atoms with E-state index in [1.807, 2.05) is 4.90 Å². The molecular weight excluding hydrogens is 290 g/mol. The standard InChI is InChI=1S/C12H14F2N2O3S/c13-11(14)12(17)15-9-2-1-3-10(8-9)16-4-6-20(18,19)7-5-16/h1-3,8,11H,4-7H2,(H,15,17). The highest BCUT2D eigenvalue weighted by molar-refractivity contribution is 7.91. The number of hydrogen-bond acceptors (Lipinski definition) is 4. The van der Waals surface area contributed by atoms with Gasteiger partial charge in [-0.2, -0.15) is 8.78 Å². The van der Waals surface area contributed by atoms with E-state index in [4.69, 9.17) is 0 Å². The van der Waals surface area contributed by atoms with E-state index in [9.17, 15) is 22.0 Å². The van der Waals surface area contributed by atoms with E-state index in [2.05, 4.69) is 5.32 Å². The second-order valence-corrected chi connectivity index (χ2v) is 6.78. The molecule has 1 aliphatic heterocycles. The van der Waals surface area contributed by atoms with Crippen molar-refractivity contribution in [2.45, 2.75) is 6.43 Å². The van der Waals surface area contributed by atoms with Crippen LogP contribution in [0.4, 0.5) is 20.2 Å². The number of carbonyl (C=O) groups is 1. The second kappa shape index (κ2) is 5.74. The number of amides is 1. The van der Waals surface area contributed by atoms with E-state index in [0.717, 1.165) is 0 Å². The molecule has 1 saturated heterocycles.